The quantitative estimate of drug-likeness (QED) is 0.883. The molecular weight excluding hydrogens is 325 g/mol. The zero-order valence-corrected chi connectivity index (χ0v) is 12.0. The van der Waals surface area contributed by atoms with E-state index >= 15 is 0 Å². The molecule has 0 radical (unpaired) electrons. The van der Waals surface area contributed by atoms with Crippen LogP contribution in [0.5, 0.6) is 0 Å². The van der Waals surface area contributed by atoms with Crippen LogP contribution in [0.2, 0.25) is 0 Å². The van der Waals surface area contributed by atoms with Crippen LogP contribution in [0.15, 0.2) is 22.7 Å². The van der Waals surface area contributed by atoms with Crippen LogP contribution in [-0.2, 0) is 11.0 Å². The highest BCUT2D eigenvalue weighted by atomic mass is 79.9. The third-order valence-corrected chi connectivity index (χ3v) is 3.09. The average molecular weight is 339 g/mol. The Morgan fingerprint density at radius 2 is 2.05 bits per heavy atom. The molecule has 1 unspecified atom stereocenters. The van der Waals surface area contributed by atoms with E-state index in [0.29, 0.717) is 6.54 Å². The van der Waals surface area contributed by atoms with Crippen LogP contribution in [0, 0.1) is 0 Å². The fourth-order valence-electron chi connectivity index (χ4n) is 1.48. The highest BCUT2D eigenvalue weighted by Crippen LogP contribution is 2.36. The number of carbonyl (C=O) groups is 1. The van der Waals surface area contributed by atoms with Crippen molar-refractivity contribution in [2.24, 2.45) is 0 Å². The summed E-state index contributed by atoms with van der Waals surface area (Å²) in [5.74, 6) is -0.265. The third kappa shape index (κ3) is 4.41. The maximum atomic E-state index is 12.7. The lowest BCUT2D eigenvalue weighted by atomic mass is 10.2. The molecule has 0 fully saturated rings. The number of rotatable bonds is 4. The van der Waals surface area contributed by atoms with Gasteiger partial charge in [-0.1, -0.05) is 15.9 Å². The van der Waals surface area contributed by atoms with Crippen LogP contribution in [0.4, 0.5) is 18.9 Å². The number of hydrogen-bond donors (Lipinski definition) is 2. The number of likely N-dealkylation sites (N-methyl/N-ethyl adjacent to an activating group) is 1. The molecule has 0 aliphatic carbocycles. The standard InChI is InChI=1S/C12H14BrF3N2O/c1-3-17-11(19)7(2)18-8-4-5-10(13)9(6-8)12(14,15)16/h4-7,18H,3H2,1-2H3,(H,17,19). The summed E-state index contributed by atoms with van der Waals surface area (Å²) >= 11 is 2.86. The van der Waals surface area contributed by atoms with Gasteiger partial charge >= 0.3 is 6.18 Å². The second-order valence-electron chi connectivity index (χ2n) is 3.95. The highest BCUT2D eigenvalue weighted by molar-refractivity contribution is 9.10. The lowest BCUT2D eigenvalue weighted by Gasteiger charge is -2.16. The zero-order valence-electron chi connectivity index (χ0n) is 10.4. The van der Waals surface area contributed by atoms with Crippen molar-refractivity contribution >= 4 is 27.5 Å². The number of nitrogens with one attached hydrogen (secondary N) is 2. The second-order valence-corrected chi connectivity index (χ2v) is 4.81. The second kappa shape index (κ2) is 6.27. The summed E-state index contributed by atoms with van der Waals surface area (Å²) in [4.78, 5) is 11.5. The van der Waals surface area contributed by atoms with Crippen LogP contribution in [-0.4, -0.2) is 18.5 Å². The topological polar surface area (TPSA) is 41.1 Å². The molecule has 0 spiro atoms. The van der Waals surface area contributed by atoms with Gasteiger partial charge < -0.3 is 10.6 Å². The normalized spacial score (nSPS) is 12.9. The van der Waals surface area contributed by atoms with Crippen molar-refractivity contribution in [3.63, 3.8) is 0 Å². The van der Waals surface area contributed by atoms with Crippen molar-refractivity contribution in [2.75, 3.05) is 11.9 Å². The monoisotopic (exact) mass is 338 g/mol. The Morgan fingerprint density at radius 1 is 1.42 bits per heavy atom. The van der Waals surface area contributed by atoms with E-state index in [1.54, 1.807) is 13.8 Å². The van der Waals surface area contributed by atoms with Crippen LogP contribution in [0.1, 0.15) is 19.4 Å². The van der Waals surface area contributed by atoms with E-state index in [4.69, 9.17) is 0 Å². The van der Waals surface area contributed by atoms with Crippen molar-refractivity contribution in [1.29, 1.82) is 0 Å². The van der Waals surface area contributed by atoms with Crippen molar-refractivity contribution in [3.8, 4) is 0 Å². The smallest absolute Gasteiger partial charge is 0.374 e. The molecule has 1 atom stereocenters. The van der Waals surface area contributed by atoms with E-state index in [1.807, 2.05) is 0 Å². The van der Waals surface area contributed by atoms with Gasteiger partial charge in [0.15, 0.2) is 0 Å². The third-order valence-electron chi connectivity index (χ3n) is 2.40. The van der Waals surface area contributed by atoms with Gasteiger partial charge in [0.25, 0.3) is 0 Å². The molecule has 0 saturated carbocycles. The lowest BCUT2D eigenvalue weighted by Crippen LogP contribution is -2.37. The summed E-state index contributed by atoms with van der Waals surface area (Å²) in [5, 5.41) is 5.32. The summed E-state index contributed by atoms with van der Waals surface area (Å²) in [6.07, 6.45) is -4.44. The highest BCUT2D eigenvalue weighted by Gasteiger charge is 2.33. The molecule has 0 heterocycles. The minimum Gasteiger partial charge on any atom is -0.374 e. The largest absolute Gasteiger partial charge is 0.417 e. The molecule has 0 aromatic heterocycles. The minimum absolute atomic E-state index is 0.0313. The Hall–Kier alpha value is -1.24. The molecule has 3 nitrogen and oxygen atoms in total. The Morgan fingerprint density at radius 3 is 2.58 bits per heavy atom. The number of carbonyl (C=O) groups excluding carboxylic acids is 1. The summed E-state index contributed by atoms with van der Waals surface area (Å²) in [5.41, 5.74) is -0.533. The van der Waals surface area contributed by atoms with E-state index < -0.39 is 17.8 Å². The van der Waals surface area contributed by atoms with Gasteiger partial charge in [-0.15, -0.1) is 0 Å². The number of hydrogen-bond acceptors (Lipinski definition) is 2. The first-order valence-electron chi connectivity index (χ1n) is 5.66. The first kappa shape index (κ1) is 15.8. The number of amides is 1. The molecule has 0 bridgehead atoms. The SMILES string of the molecule is CCNC(=O)C(C)Nc1ccc(Br)c(C(F)(F)F)c1. The summed E-state index contributed by atoms with van der Waals surface area (Å²) in [6, 6.07) is 3.15. The van der Waals surface area contributed by atoms with Crippen LogP contribution in [0.25, 0.3) is 0 Å². The molecule has 0 aliphatic rings. The maximum absolute atomic E-state index is 12.7. The lowest BCUT2D eigenvalue weighted by molar-refractivity contribution is -0.138. The van der Waals surface area contributed by atoms with Crippen LogP contribution < -0.4 is 10.6 Å². The van der Waals surface area contributed by atoms with Crippen LogP contribution in [0.3, 0.4) is 0 Å². The summed E-state index contributed by atoms with van der Waals surface area (Å²) < 4.78 is 38.1. The van der Waals surface area contributed by atoms with Gasteiger partial charge in [0.2, 0.25) is 5.91 Å². The van der Waals surface area contributed by atoms with Gasteiger partial charge in [-0.3, -0.25) is 4.79 Å². The average Bonchev–Trinajstić information content (AvgIpc) is 2.30. The Balaban J connectivity index is 2.89. The number of alkyl halides is 3. The van der Waals surface area contributed by atoms with Gasteiger partial charge in [0, 0.05) is 16.7 Å². The van der Waals surface area contributed by atoms with E-state index in [9.17, 15) is 18.0 Å². The molecule has 0 aliphatic heterocycles. The van der Waals surface area contributed by atoms with Gasteiger partial charge in [-0.25, -0.2) is 0 Å². The van der Waals surface area contributed by atoms with E-state index in [0.717, 1.165) is 6.07 Å². The molecule has 0 saturated heterocycles. The minimum atomic E-state index is -4.44. The number of anilines is 1. The Kier molecular flexibility index (Phi) is 5.22. The van der Waals surface area contributed by atoms with Crippen molar-refractivity contribution in [3.05, 3.63) is 28.2 Å². The first-order valence-corrected chi connectivity index (χ1v) is 6.46. The molecule has 2 N–H and O–H groups in total. The molecule has 1 aromatic rings. The van der Waals surface area contributed by atoms with Gasteiger partial charge in [0.1, 0.15) is 6.04 Å². The summed E-state index contributed by atoms with van der Waals surface area (Å²) in [7, 11) is 0. The number of halogens is 4. The maximum Gasteiger partial charge on any atom is 0.417 e. The van der Waals surface area contributed by atoms with Gasteiger partial charge in [-0.05, 0) is 32.0 Å². The molecule has 1 amide bonds. The predicted molar refractivity (Wildman–Crippen MR) is 70.9 cm³/mol. The zero-order chi connectivity index (χ0) is 14.6. The van der Waals surface area contributed by atoms with Crippen molar-refractivity contribution < 1.29 is 18.0 Å². The Labute approximate surface area is 117 Å². The molecule has 1 aromatic carbocycles. The summed E-state index contributed by atoms with van der Waals surface area (Å²) in [6.45, 7) is 3.82. The van der Waals surface area contributed by atoms with E-state index in [2.05, 4.69) is 26.6 Å². The molecule has 19 heavy (non-hydrogen) atoms. The predicted octanol–water partition coefficient (Wildman–Crippen LogP) is 3.40. The van der Waals surface area contributed by atoms with Gasteiger partial charge in [0.05, 0.1) is 5.56 Å². The molecular formula is C12H14BrF3N2O. The fourth-order valence-corrected chi connectivity index (χ4v) is 1.95. The molecule has 1 rings (SSSR count). The fraction of sp³-hybridized carbons (Fsp3) is 0.417. The Bertz CT molecular complexity index is 463. The van der Waals surface area contributed by atoms with Crippen molar-refractivity contribution in [2.45, 2.75) is 26.1 Å². The van der Waals surface area contributed by atoms with Gasteiger partial charge in [-0.2, -0.15) is 13.2 Å². The van der Waals surface area contributed by atoms with E-state index in [1.165, 1.54) is 12.1 Å². The molecule has 7 heteroatoms. The first-order chi connectivity index (χ1) is 8.75. The van der Waals surface area contributed by atoms with Crippen molar-refractivity contribution in [1.82, 2.24) is 5.32 Å². The van der Waals surface area contributed by atoms with Crippen LogP contribution >= 0.6 is 15.9 Å². The molecule has 106 valence electrons. The van der Waals surface area contributed by atoms with E-state index in [-0.39, 0.29) is 16.1 Å². The number of benzene rings is 1.